The van der Waals surface area contributed by atoms with Crippen LogP contribution < -0.4 is 0 Å². The third kappa shape index (κ3) is 2.38. The van der Waals surface area contributed by atoms with Crippen molar-refractivity contribution in [3.05, 3.63) is 21.9 Å². The fraction of sp³-hybridized carbons (Fsp3) is 0.545. The minimum Gasteiger partial charge on any atom is -0.466 e. The van der Waals surface area contributed by atoms with Crippen molar-refractivity contribution in [3.63, 3.8) is 0 Å². The minimum absolute atomic E-state index is 0.0900. The van der Waals surface area contributed by atoms with Crippen molar-refractivity contribution in [2.75, 3.05) is 13.2 Å². The molecule has 0 fully saturated rings. The van der Waals surface area contributed by atoms with Gasteiger partial charge >= 0.3 is 5.97 Å². The van der Waals surface area contributed by atoms with E-state index in [-0.39, 0.29) is 12.1 Å². The molecule has 1 aromatic rings. The third-order valence-corrected chi connectivity index (χ3v) is 3.47. The van der Waals surface area contributed by atoms with Crippen molar-refractivity contribution in [1.82, 2.24) is 0 Å². The van der Waals surface area contributed by atoms with E-state index >= 15 is 0 Å². The molecular formula is C11H14O3S. The predicted octanol–water partition coefficient (Wildman–Crippen LogP) is 2.32. The van der Waals surface area contributed by atoms with E-state index in [1.54, 1.807) is 11.3 Å². The Labute approximate surface area is 93.0 Å². The van der Waals surface area contributed by atoms with Crippen molar-refractivity contribution >= 4 is 17.3 Å². The molecule has 2 rings (SSSR count). The standard InChI is InChI=1S/C11H14O3S/c1-2-13-10(12)7-9-11-8(3-5-14-9)4-6-15-11/h4,6,9H,2-3,5,7H2,1H3/t9-/m0/s1. The molecule has 0 unspecified atom stereocenters. The van der Waals surface area contributed by atoms with Crippen molar-refractivity contribution in [1.29, 1.82) is 0 Å². The molecule has 0 aromatic carbocycles. The smallest absolute Gasteiger partial charge is 0.308 e. The molecule has 82 valence electrons. The topological polar surface area (TPSA) is 35.5 Å². The highest BCUT2D eigenvalue weighted by molar-refractivity contribution is 7.10. The zero-order valence-electron chi connectivity index (χ0n) is 8.69. The van der Waals surface area contributed by atoms with Gasteiger partial charge in [-0.2, -0.15) is 0 Å². The van der Waals surface area contributed by atoms with Crippen LogP contribution in [0.3, 0.4) is 0 Å². The van der Waals surface area contributed by atoms with Gasteiger partial charge in [0.2, 0.25) is 0 Å². The van der Waals surface area contributed by atoms with Crippen LogP contribution >= 0.6 is 11.3 Å². The van der Waals surface area contributed by atoms with Gasteiger partial charge < -0.3 is 9.47 Å². The van der Waals surface area contributed by atoms with E-state index in [0.29, 0.717) is 19.6 Å². The molecule has 1 aliphatic rings. The zero-order valence-corrected chi connectivity index (χ0v) is 9.51. The van der Waals surface area contributed by atoms with Crippen molar-refractivity contribution in [2.24, 2.45) is 0 Å². The van der Waals surface area contributed by atoms with Gasteiger partial charge in [0.25, 0.3) is 0 Å². The first-order valence-electron chi connectivity index (χ1n) is 5.14. The number of carbonyl (C=O) groups is 1. The summed E-state index contributed by atoms with van der Waals surface area (Å²) < 4.78 is 10.5. The number of hydrogen-bond acceptors (Lipinski definition) is 4. The molecular weight excluding hydrogens is 212 g/mol. The minimum atomic E-state index is -0.177. The van der Waals surface area contributed by atoms with Crippen molar-refractivity contribution in [3.8, 4) is 0 Å². The summed E-state index contributed by atoms with van der Waals surface area (Å²) in [5.41, 5.74) is 1.32. The van der Waals surface area contributed by atoms with E-state index in [0.717, 1.165) is 6.42 Å². The molecule has 0 N–H and O–H groups in total. The molecule has 0 aliphatic carbocycles. The largest absolute Gasteiger partial charge is 0.466 e. The Hall–Kier alpha value is -0.870. The maximum atomic E-state index is 11.3. The molecule has 0 radical (unpaired) electrons. The van der Waals surface area contributed by atoms with Crippen LogP contribution in [0.25, 0.3) is 0 Å². The Morgan fingerprint density at radius 1 is 1.73 bits per heavy atom. The highest BCUT2D eigenvalue weighted by Gasteiger charge is 2.24. The summed E-state index contributed by atoms with van der Waals surface area (Å²) in [4.78, 5) is 12.5. The number of ether oxygens (including phenoxy) is 2. The maximum absolute atomic E-state index is 11.3. The van der Waals surface area contributed by atoms with E-state index < -0.39 is 0 Å². The van der Waals surface area contributed by atoms with Crippen LogP contribution in [0.15, 0.2) is 11.4 Å². The molecule has 1 atom stereocenters. The zero-order chi connectivity index (χ0) is 10.7. The van der Waals surface area contributed by atoms with Gasteiger partial charge in [0, 0.05) is 4.88 Å². The van der Waals surface area contributed by atoms with Gasteiger partial charge in [0.05, 0.1) is 19.6 Å². The Kier molecular flexibility index (Phi) is 3.38. The van der Waals surface area contributed by atoms with Gasteiger partial charge in [-0.25, -0.2) is 0 Å². The monoisotopic (exact) mass is 226 g/mol. The second-order valence-electron chi connectivity index (χ2n) is 3.43. The Morgan fingerprint density at radius 2 is 2.60 bits per heavy atom. The van der Waals surface area contributed by atoms with Gasteiger partial charge in [-0.15, -0.1) is 11.3 Å². The number of carbonyl (C=O) groups excluding carboxylic acids is 1. The van der Waals surface area contributed by atoms with E-state index in [9.17, 15) is 4.79 Å². The SMILES string of the molecule is CCOC(=O)C[C@@H]1OCCc2ccsc21. The van der Waals surface area contributed by atoms with Crippen LogP contribution in [0, 0.1) is 0 Å². The van der Waals surface area contributed by atoms with Gasteiger partial charge in [-0.05, 0) is 30.4 Å². The summed E-state index contributed by atoms with van der Waals surface area (Å²) in [5, 5.41) is 2.05. The molecule has 0 saturated carbocycles. The lowest BCUT2D eigenvalue weighted by atomic mass is 10.1. The molecule has 1 aromatic heterocycles. The lowest BCUT2D eigenvalue weighted by Gasteiger charge is -2.22. The fourth-order valence-electron chi connectivity index (χ4n) is 1.75. The van der Waals surface area contributed by atoms with Crippen LogP contribution in [-0.4, -0.2) is 19.2 Å². The van der Waals surface area contributed by atoms with Gasteiger partial charge in [-0.3, -0.25) is 4.79 Å². The van der Waals surface area contributed by atoms with Gasteiger partial charge in [-0.1, -0.05) is 0 Å². The summed E-state index contributed by atoms with van der Waals surface area (Å²) >= 11 is 1.66. The molecule has 1 aliphatic heterocycles. The average Bonchev–Trinajstić information content (AvgIpc) is 2.67. The Balaban J connectivity index is 2.03. The lowest BCUT2D eigenvalue weighted by Crippen LogP contribution is -2.18. The molecule has 0 bridgehead atoms. The second-order valence-corrected chi connectivity index (χ2v) is 4.38. The van der Waals surface area contributed by atoms with Crippen LogP contribution in [0.2, 0.25) is 0 Å². The predicted molar refractivity (Wildman–Crippen MR) is 58.0 cm³/mol. The Morgan fingerprint density at radius 3 is 3.40 bits per heavy atom. The number of rotatable bonds is 3. The average molecular weight is 226 g/mol. The molecule has 4 heteroatoms. The van der Waals surface area contributed by atoms with E-state index in [4.69, 9.17) is 9.47 Å². The van der Waals surface area contributed by atoms with Crippen LogP contribution in [0.4, 0.5) is 0 Å². The normalized spacial score (nSPS) is 19.7. The summed E-state index contributed by atoms with van der Waals surface area (Å²) in [6.07, 6.45) is 1.20. The molecule has 0 amide bonds. The molecule has 0 spiro atoms. The second kappa shape index (κ2) is 4.77. The van der Waals surface area contributed by atoms with Gasteiger partial charge in [0.15, 0.2) is 0 Å². The maximum Gasteiger partial charge on any atom is 0.308 e. The first-order valence-corrected chi connectivity index (χ1v) is 6.02. The Bertz CT molecular complexity index is 345. The van der Waals surface area contributed by atoms with Crippen LogP contribution in [0.5, 0.6) is 0 Å². The summed E-state index contributed by atoms with van der Waals surface area (Å²) in [6.45, 7) is 2.95. The highest BCUT2D eigenvalue weighted by atomic mass is 32.1. The van der Waals surface area contributed by atoms with Crippen LogP contribution in [0.1, 0.15) is 29.9 Å². The summed E-state index contributed by atoms with van der Waals surface area (Å²) in [6, 6.07) is 2.11. The highest BCUT2D eigenvalue weighted by Crippen LogP contribution is 2.33. The number of hydrogen-bond donors (Lipinski definition) is 0. The third-order valence-electron chi connectivity index (χ3n) is 2.42. The first-order chi connectivity index (χ1) is 7.31. The first kappa shape index (κ1) is 10.6. The summed E-state index contributed by atoms with van der Waals surface area (Å²) in [7, 11) is 0. The van der Waals surface area contributed by atoms with Gasteiger partial charge in [0.1, 0.15) is 6.10 Å². The summed E-state index contributed by atoms with van der Waals surface area (Å²) in [5.74, 6) is -0.177. The number of thiophene rings is 1. The fourth-order valence-corrected chi connectivity index (χ4v) is 2.75. The number of fused-ring (bicyclic) bond motifs is 1. The van der Waals surface area contributed by atoms with Crippen molar-refractivity contribution < 1.29 is 14.3 Å². The quantitative estimate of drug-likeness (QED) is 0.742. The lowest BCUT2D eigenvalue weighted by molar-refractivity contribution is -0.146. The molecule has 3 nitrogen and oxygen atoms in total. The molecule has 15 heavy (non-hydrogen) atoms. The molecule has 2 heterocycles. The molecule has 0 saturated heterocycles. The number of esters is 1. The van der Waals surface area contributed by atoms with Crippen LogP contribution in [-0.2, 0) is 20.7 Å². The van der Waals surface area contributed by atoms with E-state index in [2.05, 4.69) is 11.4 Å². The van der Waals surface area contributed by atoms with E-state index in [1.807, 2.05) is 6.92 Å². The van der Waals surface area contributed by atoms with E-state index in [1.165, 1.54) is 10.4 Å². The van der Waals surface area contributed by atoms with Crippen molar-refractivity contribution in [2.45, 2.75) is 25.9 Å².